The summed E-state index contributed by atoms with van der Waals surface area (Å²) in [6, 6.07) is 23.0. The third-order valence-electron chi connectivity index (χ3n) is 3.92. The number of hydrogen-bond acceptors (Lipinski definition) is 4. The number of para-hydroxylation sites is 1. The maximum absolute atomic E-state index is 12.9. The van der Waals surface area contributed by atoms with Gasteiger partial charge < -0.3 is 5.32 Å². The van der Waals surface area contributed by atoms with Crippen LogP contribution in [0.15, 0.2) is 90.0 Å². The van der Waals surface area contributed by atoms with Crippen molar-refractivity contribution in [3.63, 3.8) is 0 Å². The molecule has 3 aromatic rings. The van der Waals surface area contributed by atoms with Crippen LogP contribution in [0.1, 0.15) is 11.1 Å². The van der Waals surface area contributed by atoms with E-state index in [1.165, 1.54) is 23.9 Å². The fraction of sp³-hybridized carbons (Fsp3) is 0.0909. The van der Waals surface area contributed by atoms with Gasteiger partial charge in [-0.15, -0.1) is 0 Å². The molecule has 0 unspecified atom stereocenters. The molecule has 0 radical (unpaired) electrons. The topological polar surface area (TPSA) is 53.5 Å². The highest BCUT2D eigenvalue weighted by Gasteiger charge is 2.30. The maximum Gasteiger partial charge on any atom is 0.416 e. The van der Waals surface area contributed by atoms with Gasteiger partial charge in [0.05, 0.1) is 11.3 Å². The summed E-state index contributed by atoms with van der Waals surface area (Å²) in [4.78, 5) is 12.7. The number of benzene rings is 3. The van der Waals surface area contributed by atoms with Crippen molar-refractivity contribution in [1.82, 2.24) is 0 Å². The number of nitrogens with one attached hydrogen (secondary N) is 2. The van der Waals surface area contributed by atoms with Gasteiger partial charge in [-0.25, -0.2) is 0 Å². The van der Waals surface area contributed by atoms with Crippen molar-refractivity contribution in [2.24, 2.45) is 5.10 Å². The van der Waals surface area contributed by atoms with Crippen molar-refractivity contribution in [3.05, 3.63) is 96.1 Å². The van der Waals surface area contributed by atoms with E-state index in [2.05, 4.69) is 15.8 Å². The van der Waals surface area contributed by atoms with Gasteiger partial charge in [-0.2, -0.15) is 18.3 Å². The second kappa shape index (κ2) is 9.98. The SMILES string of the molecule is O=C(Nc1cccc(C(F)(F)F)c1)/C(=N\Nc1ccccc1)SCc1ccccc1. The minimum atomic E-state index is -4.49. The molecule has 4 nitrogen and oxygen atoms in total. The van der Waals surface area contributed by atoms with Gasteiger partial charge in [0.2, 0.25) is 0 Å². The highest BCUT2D eigenvalue weighted by atomic mass is 32.2. The predicted molar refractivity (Wildman–Crippen MR) is 115 cm³/mol. The molecule has 2 N–H and O–H groups in total. The molecule has 0 aromatic heterocycles. The number of hydrazone groups is 1. The van der Waals surface area contributed by atoms with E-state index in [-0.39, 0.29) is 10.7 Å². The second-order valence-electron chi connectivity index (χ2n) is 6.20. The number of nitrogens with zero attached hydrogens (tertiary/aromatic N) is 1. The summed E-state index contributed by atoms with van der Waals surface area (Å²) in [6.07, 6.45) is -4.49. The van der Waals surface area contributed by atoms with Gasteiger partial charge in [0.25, 0.3) is 5.91 Å². The molecule has 0 saturated heterocycles. The summed E-state index contributed by atoms with van der Waals surface area (Å²) >= 11 is 1.18. The van der Waals surface area contributed by atoms with Crippen LogP contribution in [0, 0.1) is 0 Å². The summed E-state index contributed by atoms with van der Waals surface area (Å²) in [7, 11) is 0. The van der Waals surface area contributed by atoms with Crippen LogP contribution in [-0.4, -0.2) is 11.0 Å². The normalized spacial score (nSPS) is 11.8. The molecule has 0 heterocycles. The molecule has 30 heavy (non-hydrogen) atoms. The number of carbonyl (C=O) groups is 1. The molecule has 3 rings (SSSR count). The molecule has 0 atom stereocenters. The lowest BCUT2D eigenvalue weighted by molar-refractivity contribution is -0.137. The summed E-state index contributed by atoms with van der Waals surface area (Å²) in [5.74, 6) is -0.120. The van der Waals surface area contributed by atoms with E-state index in [4.69, 9.17) is 0 Å². The molecule has 154 valence electrons. The molecule has 0 aliphatic carbocycles. The Morgan fingerprint density at radius 2 is 1.50 bits per heavy atom. The van der Waals surface area contributed by atoms with E-state index in [9.17, 15) is 18.0 Å². The highest BCUT2D eigenvalue weighted by molar-refractivity contribution is 8.15. The Kier molecular flexibility index (Phi) is 7.13. The van der Waals surface area contributed by atoms with Crippen molar-refractivity contribution in [1.29, 1.82) is 0 Å². The lowest BCUT2D eigenvalue weighted by Crippen LogP contribution is -2.22. The average molecular weight is 429 g/mol. The van der Waals surface area contributed by atoms with Crippen molar-refractivity contribution in [2.75, 3.05) is 10.7 Å². The first-order valence-electron chi connectivity index (χ1n) is 8.96. The van der Waals surface area contributed by atoms with E-state index >= 15 is 0 Å². The Morgan fingerprint density at radius 3 is 2.17 bits per heavy atom. The van der Waals surface area contributed by atoms with Crippen molar-refractivity contribution in [2.45, 2.75) is 11.9 Å². The van der Waals surface area contributed by atoms with Gasteiger partial charge in [-0.1, -0.05) is 66.4 Å². The van der Waals surface area contributed by atoms with Crippen LogP contribution in [0.2, 0.25) is 0 Å². The molecule has 8 heteroatoms. The lowest BCUT2D eigenvalue weighted by atomic mass is 10.2. The minimum absolute atomic E-state index is 0.0440. The van der Waals surface area contributed by atoms with Crippen LogP contribution in [0.5, 0.6) is 0 Å². The third kappa shape index (κ3) is 6.38. The molecule has 0 saturated carbocycles. The second-order valence-corrected chi connectivity index (χ2v) is 7.17. The van der Waals surface area contributed by atoms with Crippen molar-refractivity contribution >= 4 is 34.1 Å². The number of amides is 1. The van der Waals surface area contributed by atoms with Gasteiger partial charge in [0, 0.05) is 11.4 Å². The van der Waals surface area contributed by atoms with Crippen LogP contribution >= 0.6 is 11.8 Å². The highest BCUT2D eigenvalue weighted by Crippen LogP contribution is 2.30. The summed E-state index contributed by atoms with van der Waals surface area (Å²) < 4.78 is 38.8. The number of rotatable bonds is 5. The van der Waals surface area contributed by atoms with Gasteiger partial charge >= 0.3 is 6.18 Å². The Hall–Kier alpha value is -3.26. The first kappa shape index (κ1) is 21.4. The van der Waals surface area contributed by atoms with Gasteiger partial charge in [0.15, 0.2) is 5.04 Å². The van der Waals surface area contributed by atoms with Crippen LogP contribution in [0.25, 0.3) is 0 Å². The smallest absolute Gasteiger partial charge is 0.320 e. The number of halogens is 3. The van der Waals surface area contributed by atoms with E-state index in [1.54, 1.807) is 12.1 Å². The number of anilines is 2. The largest absolute Gasteiger partial charge is 0.416 e. The first-order chi connectivity index (χ1) is 14.4. The zero-order chi connectivity index (χ0) is 21.4. The quantitative estimate of drug-likeness (QED) is 0.297. The standard InChI is InChI=1S/C22H18F3N3OS/c23-22(24,25)17-10-7-13-19(14-17)26-20(29)21(28-27-18-11-5-2-6-12-18)30-15-16-8-3-1-4-9-16/h1-14,27H,15H2,(H,26,29)/b28-21+. The number of alkyl halides is 3. The van der Waals surface area contributed by atoms with Gasteiger partial charge in [-0.3, -0.25) is 10.2 Å². The number of hydrogen-bond donors (Lipinski definition) is 2. The van der Waals surface area contributed by atoms with Crippen LogP contribution in [0.3, 0.4) is 0 Å². The average Bonchev–Trinajstić information content (AvgIpc) is 2.75. The summed E-state index contributed by atoms with van der Waals surface area (Å²) in [6.45, 7) is 0. The fourth-order valence-electron chi connectivity index (χ4n) is 2.46. The van der Waals surface area contributed by atoms with Crippen LogP contribution in [-0.2, 0) is 16.7 Å². The summed E-state index contributed by atoms with van der Waals surface area (Å²) in [5, 5.41) is 6.77. The van der Waals surface area contributed by atoms with E-state index in [0.717, 1.165) is 17.7 Å². The fourth-order valence-corrected chi connectivity index (χ4v) is 3.25. The number of carbonyl (C=O) groups excluding carboxylic acids is 1. The molecule has 0 bridgehead atoms. The molecule has 0 aliphatic rings. The van der Waals surface area contributed by atoms with E-state index in [1.807, 2.05) is 48.5 Å². The number of thioether (sulfide) groups is 1. The molecule has 0 spiro atoms. The Labute approximate surface area is 176 Å². The molecular formula is C22H18F3N3OS. The zero-order valence-corrected chi connectivity index (χ0v) is 16.5. The van der Waals surface area contributed by atoms with Crippen LogP contribution in [0.4, 0.5) is 24.5 Å². The molecule has 0 aliphatic heterocycles. The van der Waals surface area contributed by atoms with E-state index in [0.29, 0.717) is 11.4 Å². The molecule has 3 aromatic carbocycles. The van der Waals surface area contributed by atoms with Crippen molar-refractivity contribution < 1.29 is 18.0 Å². The van der Waals surface area contributed by atoms with Crippen LogP contribution < -0.4 is 10.7 Å². The molecule has 1 amide bonds. The minimum Gasteiger partial charge on any atom is -0.320 e. The lowest BCUT2D eigenvalue weighted by Gasteiger charge is -2.11. The summed E-state index contributed by atoms with van der Waals surface area (Å²) in [5.41, 5.74) is 3.69. The Morgan fingerprint density at radius 1 is 0.867 bits per heavy atom. The zero-order valence-electron chi connectivity index (χ0n) is 15.7. The predicted octanol–water partition coefficient (Wildman–Crippen LogP) is 6.00. The third-order valence-corrected chi connectivity index (χ3v) is 4.95. The van der Waals surface area contributed by atoms with Crippen molar-refractivity contribution in [3.8, 4) is 0 Å². The molecular weight excluding hydrogens is 411 g/mol. The monoisotopic (exact) mass is 429 g/mol. The van der Waals surface area contributed by atoms with Gasteiger partial charge in [0.1, 0.15) is 0 Å². The van der Waals surface area contributed by atoms with E-state index < -0.39 is 17.6 Å². The Balaban J connectivity index is 1.77. The Bertz CT molecular complexity index is 1010. The first-order valence-corrected chi connectivity index (χ1v) is 9.94. The molecule has 0 fully saturated rings. The maximum atomic E-state index is 12.9. The van der Waals surface area contributed by atoms with Gasteiger partial charge in [-0.05, 0) is 35.9 Å².